The zero-order valence-corrected chi connectivity index (χ0v) is 13.8. The van der Waals surface area contributed by atoms with Gasteiger partial charge < -0.3 is 10.1 Å². The molecule has 3 rings (SSSR count). The molecule has 0 aliphatic carbocycles. The summed E-state index contributed by atoms with van der Waals surface area (Å²) in [5.41, 5.74) is 0.716. The van der Waals surface area contributed by atoms with Gasteiger partial charge in [0.1, 0.15) is 11.6 Å². The summed E-state index contributed by atoms with van der Waals surface area (Å²) >= 11 is 3.24. The minimum Gasteiger partial charge on any atom is -0.437 e. The maximum Gasteiger partial charge on any atom is 0.256 e. The first-order valence-corrected chi connectivity index (χ1v) is 7.71. The molecule has 0 aliphatic rings. The van der Waals surface area contributed by atoms with Crippen LogP contribution < -0.4 is 10.1 Å². The van der Waals surface area contributed by atoms with Crippen molar-refractivity contribution in [3.8, 4) is 11.6 Å². The van der Waals surface area contributed by atoms with Crippen molar-refractivity contribution in [2.24, 2.45) is 0 Å². The number of ether oxygens (including phenoxy) is 1. The minimum absolute atomic E-state index is 0.204. The minimum atomic E-state index is -0.483. The number of carbonyl (C=O) groups excluding carboxylic acids is 1. The van der Waals surface area contributed by atoms with Crippen LogP contribution in [0.3, 0.4) is 0 Å². The van der Waals surface area contributed by atoms with Crippen LogP contribution >= 0.6 is 15.9 Å². The molecule has 0 radical (unpaired) electrons. The van der Waals surface area contributed by atoms with E-state index in [9.17, 15) is 9.18 Å². The first-order chi connectivity index (χ1) is 11.6. The van der Waals surface area contributed by atoms with Crippen LogP contribution in [-0.2, 0) is 0 Å². The fourth-order valence-electron chi connectivity index (χ4n) is 1.97. The van der Waals surface area contributed by atoms with E-state index in [2.05, 4.69) is 31.2 Å². The number of aromatic nitrogens is 2. The molecule has 1 heterocycles. The second-order valence-electron chi connectivity index (χ2n) is 4.75. The van der Waals surface area contributed by atoms with E-state index in [0.29, 0.717) is 21.8 Å². The molecule has 2 aromatic carbocycles. The van der Waals surface area contributed by atoms with Crippen molar-refractivity contribution in [2.45, 2.75) is 0 Å². The largest absolute Gasteiger partial charge is 0.437 e. The molecule has 0 bridgehead atoms. The quantitative estimate of drug-likeness (QED) is 0.719. The van der Waals surface area contributed by atoms with Crippen LogP contribution in [0.25, 0.3) is 0 Å². The SMILES string of the molecule is O=C(Nc1cccc(Oc2cnccn2)c1)c1cc(F)ccc1Br. The molecule has 120 valence electrons. The molecule has 24 heavy (non-hydrogen) atoms. The summed E-state index contributed by atoms with van der Waals surface area (Å²) in [4.78, 5) is 20.2. The number of anilines is 1. The Balaban J connectivity index is 1.77. The summed E-state index contributed by atoms with van der Waals surface area (Å²) in [6.45, 7) is 0. The van der Waals surface area contributed by atoms with E-state index in [1.54, 1.807) is 30.5 Å². The molecule has 1 aromatic heterocycles. The van der Waals surface area contributed by atoms with Crippen LogP contribution in [0.2, 0.25) is 0 Å². The molecule has 0 saturated heterocycles. The number of carbonyl (C=O) groups is 1. The highest BCUT2D eigenvalue weighted by Gasteiger charge is 2.12. The molecule has 1 N–H and O–H groups in total. The van der Waals surface area contributed by atoms with Gasteiger partial charge in [0.15, 0.2) is 0 Å². The Morgan fingerprint density at radius 2 is 2.04 bits per heavy atom. The Bertz CT molecular complexity index is 875. The molecule has 0 saturated carbocycles. The molecular formula is C17H11BrFN3O2. The van der Waals surface area contributed by atoms with E-state index in [4.69, 9.17) is 4.74 Å². The summed E-state index contributed by atoms with van der Waals surface area (Å²) in [6, 6.07) is 10.7. The molecule has 0 unspecified atom stereocenters. The van der Waals surface area contributed by atoms with Gasteiger partial charge in [-0.05, 0) is 46.3 Å². The Kier molecular flexibility index (Phi) is 4.81. The van der Waals surface area contributed by atoms with Gasteiger partial charge in [0.25, 0.3) is 5.91 Å². The number of halogens is 2. The van der Waals surface area contributed by atoms with Gasteiger partial charge in [-0.2, -0.15) is 0 Å². The average Bonchev–Trinajstić information content (AvgIpc) is 2.58. The summed E-state index contributed by atoms with van der Waals surface area (Å²) in [5, 5.41) is 2.70. The van der Waals surface area contributed by atoms with Crippen molar-refractivity contribution in [1.82, 2.24) is 9.97 Å². The standard InChI is InChI=1S/C17H11BrFN3O2/c18-15-5-4-11(19)8-14(15)17(23)22-12-2-1-3-13(9-12)24-16-10-20-6-7-21-16/h1-10H,(H,22,23). The third-order valence-electron chi connectivity index (χ3n) is 3.03. The first kappa shape index (κ1) is 16.1. The average molecular weight is 388 g/mol. The third-order valence-corrected chi connectivity index (χ3v) is 3.72. The van der Waals surface area contributed by atoms with Crippen molar-refractivity contribution < 1.29 is 13.9 Å². The molecule has 0 aliphatic heterocycles. The lowest BCUT2D eigenvalue weighted by Crippen LogP contribution is -2.12. The van der Waals surface area contributed by atoms with Crippen molar-refractivity contribution in [2.75, 3.05) is 5.32 Å². The Morgan fingerprint density at radius 3 is 2.83 bits per heavy atom. The van der Waals surface area contributed by atoms with Crippen LogP contribution in [0.1, 0.15) is 10.4 Å². The normalized spacial score (nSPS) is 10.2. The lowest BCUT2D eigenvalue weighted by atomic mass is 10.2. The van der Waals surface area contributed by atoms with Crippen molar-refractivity contribution in [3.05, 3.63) is 76.9 Å². The Labute approximate surface area is 145 Å². The predicted molar refractivity (Wildman–Crippen MR) is 90.6 cm³/mol. The first-order valence-electron chi connectivity index (χ1n) is 6.92. The molecule has 1 amide bonds. The number of benzene rings is 2. The summed E-state index contributed by atoms with van der Waals surface area (Å²) in [5.74, 6) is -0.0819. The second-order valence-corrected chi connectivity index (χ2v) is 5.61. The van der Waals surface area contributed by atoms with Gasteiger partial charge in [-0.15, -0.1) is 0 Å². The zero-order chi connectivity index (χ0) is 16.9. The predicted octanol–water partition coefficient (Wildman–Crippen LogP) is 4.42. The van der Waals surface area contributed by atoms with Gasteiger partial charge in [0, 0.05) is 28.6 Å². The smallest absolute Gasteiger partial charge is 0.256 e. The molecular weight excluding hydrogens is 377 g/mol. The van der Waals surface area contributed by atoms with Crippen molar-refractivity contribution >= 4 is 27.5 Å². The number of hydrogen-bond acceptors (Lipinski definition) is 4. The highest BCUT2D eigenvalue weighted by Crippen LogP contribution is 2.24. The number of hydrogen-bond donors (Lipinski definition) is 1. The molecule has 7 heteroatoms. The van der Waals surface area contributed by atoms with Crippen LogP contribution in [0, 0.1) is 5.82 Å². The lowest BCUT2D eigenvalue weighted by molar-refractivity contribution is 0.102. The van der Waals surface area contributed by atoms with Gasteiger partial charge in [-0.3, -0.25) is 9.78 Å². The van der Waals surface area contributed by atoms with Gasteiger partial charge in [0.2, 0.25) is 5.88 Å². The van der Waals surface area contributed by atoms with E-state index in [0.717, 1.165) is 0 Å². The Morgan fingerprint density at radius 1 is 1.17 bits per heavy atom. The Hall–Kier alpha value is -2.80. The highest BCUT2D eigenvalue weighted by molar-refractivity contribution is 9.10. The lowest BCUT2D eigenvalue weighted by Gasteiger charge is -2.09. The van der Waals surface area contributed by atoms with E-state index >= 15 is 0 Å². The van der Waals surface area contributed by atoms with Crippen LogP contribution in [0.15, 0.2) is 65.5 Å². The van der Waals surface area contributed by atoms with Crippen molar-refractivity contribution in [1.29, 1.82) is 0 Å². The summed E-state index contributed by atoms with van der Waals surface area (Å²) in [6.07, 6.45) is 4.54. The number of nitrogens with one attached hydrogen (secondary N) is 1. The fraction of sp³-hybridized carbons (Fsp3) is 0. The van der Waals surface area contributed by atoms with E-state index < -0.39 is 11.7 Å². The number of amides is 1. The molecule has 0 fully saturated rings. The summed E-state index contributed by atoms with van der Waals surface area (Å²) in [7, 11) is 0. The molecule has 5 nitrogen and oxygen atoms in total. The highest BCUT2D eigenvalue weighted by atomic mass is 79.9. The number of rotatable bonds is 4. The van der Waals surface area contributed by atoms with Gasteiger partial charge >= 0.3 is 0 Å². The number of nitrogens with zero attached hydrogens (tertiary/aromatic N) is 2. The van der Waals surface area contributed by atoms with Gasteiger partial charge in [-0.1, -0.05) is 6.07 Å². The zero-order valence-electron chi connectivity index (χ0n) is 12.2. The monoisotopic (exact) mass is 387 g/mol. The summed E-state index contributed by atoms with van der Waals surface area (Å²) < 4.78 is 19.4. The van der Waals surface area contributed by atoms with Gasteiger partial charge in [0.05, 0.1) is 11.8 Å². The second kappa shape index (κ2) is 7.18. The van der Waals surface area contributed by atoms with Crippen LogP contribution in [-0.4, -0.2) is 15.9 Å². The topological polar surface area (TPSA) is 64.1 Å². The van der Waals surface area contributed by atoms with Gasteiger partial charge in [-0.25, -0.2) is 9.37 Å². The maximum atomic E-state index is 13.3. The molecule has 0 atom stereocenters. The molecule has 0 spiro atoms. The van der Waals surface area contributed by atoms with Crippen LogP contribution in [0.5, 0.6) is 11.6 Å². The maximum absolute atomic E-state index is 13.3. The fourth-order valence-corrected chi connectivity index (χ4v) is 2.39. The van der Waals surface area contributed by atoms with Crippen molar-refractivity contribution in [3.63, 3.8) is 0 Å². The van der Waals surface area contributed by atoms with Crippen LogP contribution in [0.4, 0.5) is 10.1 Å². The van der Waals surface area contributed by atoms with E-state index in [1.807, 2.05) is 0 Å². The molecule has 3 aromatic rings. The third kappa shape index (κ3) is 3.94. The van der Waals surface area contributed by atoms with E-state index in [-0.39, 0.29) is 5.56 Å². The van der Waals surface area contributed by atoms with E-state index in [1.165, 1.54) is 30.6 Å².